The zero-order chi connectivity index (χ0) is 24.0. The Bertz CT molecular complexity index is 1100. The number of imide groups is 1. The van der Waals surface area contributed by atoms with Gasteiger partial charge in [-0.15, -0.1) is 6.58 Å². The summed E-state index contributed by atoms with van der Waals surface area (Å²) >= 11 is 12.3. The van der Waals surface area contributed by atoms with E-state index in [0.29, 0.717) is 53.1 Å². The molecule has 2 aromatic carbocycles. The summed E-state index contributed by atoms with van der Waals surface area (Å²) in [6.45, 7) is 8.64. The van der Waals surface area contributed by atoms with Crippen LogP contribution in [-0.2, 0) is 17.8 Å². The molecular formula is C25H26Cl2N2O4. The summed E-state index contributed by atoms with van der Waals surface area (Å²) in [5.41, 5.74) is 2.54. The molecule has 3 amide bonds. The second-order valence-electron chi connectivity index (χ2n) is 7.40. The fourth-order valence-corrected chi connectivity index (χ4v) is 3.92. The van der Waals surface area contributed by atoms with E-state index in [4.69, 9.17) is 32.7 Å². The van der Waals surface area contributed by atoms with Crippen LogP contribution in [0.4, 0.5) is 4.79 Å². The quantitative estimate of drug-likeness (QED) is 0.253. The smallest absolute Gasteiger partial charge is 0.329 e. The van der Waals surface area contributed by atoms with Crippen LogP contribution in [-0.4, -0.2) is 30.0 Å². The number of halogens is 2. The van der Waals surface area contributed by atoms with Gasteiger partial charge in [0.05, 0.1) is 6.61 Å². The van der Waals surface area contributed by atoms with Gasteiger partial charge in [0.25, 0.3) is 5.91 Å². The van der Waals surface area contributed by atoms with E-state index in [1.54, 1.807) is 30.4 Å². The summed E-state index contributed by atoms with van der Waals surface area (Å²) < 4.78 is 12.0. The lowest BCUT2D eigenvalue weighted by Gasteiger charge is -2.17. The summed E-state index contributed by atoms with van der Waals surface area (Å²) in [6.07, 6.45) is 4.61. The minimum atomic E-state index is -0.413. The topological polar surface area (TPSA) is 67.9 Å². The number of urea groups is 1. The fraction of sp³-hybridized carbons (Fsp3) is 0.280. The van der Waals surface area contributed by atoms with E-state index in [1.165, 1.54) is 4.90 Å². The van der Waals surface area contributed by atoms with Gasteiger partial charge in [-0.3, -0.25) is 9.69 Å². The molecule has 0 aromatic heterocycles. The van der Waals surface area contributed by atoms with E-state index in [1.807, 2.05) is 26.0 Å². The molecule has 1 aliphatic rings. The standard InChI is InChI=1S/C25H26Cl2N2O4/c1-4-7-17-11-16(12-21-24(30)29(10-5-2)25(31)28-21)13-22(32-6-3)23(17)33-15-18-8-9-19(26)14-20(18)27/h4,8-9,11-14H,1,5-7,10,15H2,2-3H3,(H,28,31)/b21-12+. The molecule has 3 rings (SSSR count). The Labute approximate surface area is 203 Å². The van der Waals surface area contributed by atoms with Crippen LogP contribution in [0.25, 0.3) is 6.08 Å². The summed E-state index contributed by atoms with van der Waals surface area (Å²) in [7, 11) is 0. The third-order valence-corrected chi connectivity index (χ3v) is 5.51. The number of carbonyl (C=O) groups excluding carboxylic acids is 2. The van der Waals surface area contributed by atoms with Crippen LogP contribution in [0.3, 0.4) is 0 Å². The molecule has 1 fully saturated rings. The number of rotatable bonds is 10. The maximum absolute atomic E-state index is 12.6. The first-order valence-electron chi connectivity index (χ1n) is 10.7. The lowest BCUT2D eigenvalue weighted by Crippen LogP contribution is -2.31. The van der Waals surface area contributed by atoms with Crippen molar-refractivity contribution in [1.82, 2.24) is 10.2 Å². The van der Waals surface area contributed by atoms with Gasteiger partial charge in [0.1, 0.15) is 12.3 Å². The van der Waals surface area contributed by atoms with Crippen molar-refractivity contribution in [3.05, 3.63) is 75.4 Å². The van der Waals surface area contributed by atoms with Crippen molar-refractivity contribution in [2.45, 2.75) is 33.3 Å². The Balaban J connectivity index is 1.95. The molecular weight excluding hydrogens is 463 g/mol. The van der Waals surface area contributed by atoms with Crippen molar-refractivity contribution < 1.29 is 19.1 Å². The number of ether oxygens (including phenoxy) is 2. The van der Waals surface area contributed by atoms with Gasteiger partial charge >= 0.3 is 6.03 Å². The lowest BCUT2D eigenvalue weighted by atomic mass is 10.0. The van der Waals surface area contributed by atoms with Crippen LogP contribution in [0.15, 0.2) is 48.7 Å². The number of nitrogens with one attached hydrogen (secondary N) is 1. The summed E-state index contributed by atoms with van der Waals surface area (Å²) in [6, 6.07) is 8.49. The van der Waals surface area contributed by atoms with Gasteiger partial charge in [0, 0.05) is 27.7 Å². The van der Waals surface area contributed by atoms with E-state index >= 15 is 0 Å². The maximum Gasteiger partial charge on any atom is 0.329 e. The number of allylic oxidation sites excluding steroid dienone is 1. The number of amides is 3. The van der Waals surface area contributed by atoms with Crippen molar-refractivity contribution in [3.63, 3.8) is 0 Å². The highest BCUT2D eigenvalue weighted by Crippen LogP contribution is 2.36. The monoisotopic (exact) mass is 488 g/mol. The van der Waals surface area contributed by atoms with E-state index in [0.717, 1.165) is 11.1 Å². The zero-order valence-corrected chi connectivity index (χ0v) is 20.1. The predicted molar refractivity (Wildman–Crippen MR) is 131 cm³/mol. The molecule has 174 valence electrons. The van der Waals surface area contributed by atoms with E-state index in [2.05, 4.69) is 11.9 Å². The van der Waals surface area contributed by atoms with Crippen LogP contribution in [0.5, 0.6) is 11.5 Å². The Morgan fingerprint density at radius 2 is 1.88 bits per heavy atom. The molecule has 33 heavy (non-hydrogen) atoms. The fourth-order valence-electron chi connectivity index (χ4n) is 3.45. The normalized spacial score (nSPS) is 14.5. The SMILES string of the molecule is C=CCc1cc(/C=C2/NC(=O)N(CCC)C2=O)cc(OCC)c1OCc1ccc(Cl)cc1Cl. The van der Waals surface area contributed by atoms with Gasteiger partial charge in [-0.2, -0.15) is 0 Å². The Morgan fingerprint density at radius 3 is 2.55 bits per heavy atom. The summed E-state index contributed by atoms with van der Waals surface area (Å²) in [5, 5.41) is 3.71. The first-order chi connectivity index (χ1) is 15.9. The molecule has 0 radical (unpaired) electrons. The van der Waals surface area contributed by atoms with Crippen LogP contribution in [0.2, 0.25) is 10.0 Å². The van der Waals surface area contributed by atoms with Gasteiger partial charge < -0.3 is 14.8 Å². The van der Waals surface area contributed by atoms with E-state index < -0.39 is 6.03 Å². The molecule has 1 heterocycles. The van der Waals surface area contributed by atoms with Crippen LogP contribution in [0.1, 0.15) is 37.0 Å². The van der Waals surface area contributed by atoms with Gasteiger partial charge in [-0.05, 0) is 55.7 Å². The molecule has 8 heteroatoms. The molecule has 1 saturated heterocycles. The highest BCUT2D eigenvalue weighted by atomic mass is 35.5. The number of nitrogens with zero attached hydrogens (tertiary/aromatic N) is 1. The number of hydrogen-bond donors (Lipinski definition) is 1. The van der Waals surface area contributed by atoms with Crippen molar-refractivity contribution in [3.8, 4) is 11.5 Å². The Morgan fingerprint density at radius 1 is 1.09 bits per heavy atom. The zero-order valence-electron chi connectivity index (χ0n) is 18.6. The number of benzene rings is 2. The largest absolute Gasteiger partial charge is 0.490 e. The first-order valence-corrected chi connectivity index (χ1v) is 11.4. The molecule has 0 aliphatic carbocycles. The predicted octanol–water partition coefficient (Wildman–Crippen LogP) is 6.00. The Kier molecular flexibility index (Phi) is 8.42. The highest BCUT2D eigenvalue weighted by molar-refractivity contribution is 6.35. The summed E-state index contributed by atoms with van der Waals surface area (Å²) in [5.74, 6) is 0.748. The highest BCUT2D eigenvalue weighted by Gasteiger charge is 2.32. The molecule has 0 spiro atoms. The molecule has 0 bridgehead atoms. The van der Waals surface area contributed by atoms with Gasteiger partial charge in [-0.25, -0.2) is 4.79 Å². The minimum Gasteiger partial charge on any atom is -0.490 e. The molecule has 6 nitrogen and oxygen atoms in total. The molecule has 0 atom stereocenters. The van der Waals surface area contributed by atoms with Crippen molar-refractivity contribution in [2.75, 3.05) is 13.2 Å². The third kappa shape index (κ3) is 5.89. The molecule has 2 aromatic rings. The van der Waals surface area contributed by atoms with Crippen molar-refractivity contribution in [1.29, 1.82) is 0 Å². The molecule has 0 saturated carbocycles. The second kappa shape index (κ2) is 11.3. The Hall–Kier alpha value is -2.96. The lowest BCUT2D eigenvalue weighted by molar-refractivity contribution is -0.122. The third-order valence-electron chi connectivity index (χ3n) is 4.93. The average Bonchev–Trinajstić information content (AvgIpc) is 3.02. The number of carbonyl (C=O) groups is 2. The van der Waals surface area contributed by atoms with Crippen LogP contribution >= 0.6 is 23.2 Å². The molecule has 0 unspecified atom stereocenters. The van der Waals surface area contributed by atoms with Gasteiger partial charge in [0.15, 0.2) is 11.5 Å². The first kappa shape index (κ1) is 24.7. The average molecular weight is 489 g/mol. The number of hydrogen-bond acceptors (Lipinski definition) is 4. The van der Waals surface area contributed by atoms with E-state index in [-0.39, 0.29) is 18.2 Å². The van der Waals surface area contributed by atoms with Gasteiger partial charge in [0.2, 0.25) is 0 Å². The van der Waals surface area contributed by atoms with Gasteiger partial charge in [-0.1, -0.05) is 42.3 Å². The summed E-state index contributed by atoms with van der Waals surface area (Å²) in [4.78, 5) is 25.9. The van der Waals surface area contributed by atoms with Crippen molar-refractivity contribution in [2.24, 2.45) is 0 Å². The van der Waals surface area contributed by atoms with Crippen LogP contribution in [0, 0.1) is 0 Å². The van der Waals surface area contributed by atoms with Crippen molar-refractivity contribution >= 4 is 41.2 Å². The minimum absolute atomic E-state index is 0.223. The molecule has 1 aliphatic heterocycles. The second-order valence-corrected chi connectivity index (χ2v) is 8.25. The maximum atomic E-state index is 12.6. The van der Waals surface area contributed by atoms with E-state index in [9.17, 15) is 9.59 Å². The molecule has 1 N–H and O–H groups in total. The van der Waals surface area contributed by atoms with Crippen LogP contribution < -0.4 is 14.8 Å².